The van der Waals surface area contributed by atoms with E-state index < -0.39 is 27.5 Å². The smallest absolute Gasteiger partial charge is 0.235 e. The standard InChI is InChI=1S/C23H18N2O4S/c24-13-16-9-11-17(12-10-16)14-30(27,28)15-22(26)25-23-18-5-1-3-7-20(18)29-21-8-4-2-6-19(21)23/h1-12,23H,14-15H2,(H,25,26). The van der Waals surface area contributed by atoms with Crippen molar-refractivity contribution in [3.63, 3.8) is 0 Å². The molecule has 150 valence electrons. The van der Waals surface area contributed by atoms with Gasteiger partial charge in [-0.25, -0.2) is 8.42 Å². The minimum absolute atomic E-state index is 0.271. The van der Waals surface area contributed by atoms with Gasteiger partial charge in [-0.3, -0.25) is 4.79 Å². The van der Waals surface area contributed by atoms with E-state index in [9.17, 15) is 13.2 Å². The molecule has 1 heterocycles. The second-order valence-electron chi connectivity index (χ2n) is 7.02. The number of nitrogens with zero attached hydrogens (tertiary/aromatic N) is 1. The maximum absolute atomic E-state index is 12.7. The maximum atomic E-state index is 12.7. The van der Waals surface area contributed by atoms with Crippen LogP contribution in [0.1, 0.15) is 28.3 Å². The van der Waals surface area contributed by atoms with Gasteiger partial charge in [0.1, 0.15) is 17.3 Å². The molecule has 0 unspecified atom stereocenters. The monoisotopic (exact) mass is 418 g/mol. The molecule has 1 aliphatic heterocycles. The molecule has 4 rings (SSSR count). The fraction of sp³-hybridized carbons (Fsp3) is 0.130. The van der Waals surface area contributed by atoms with Gasteiger partial charge in [0.2, 0.25) is 5.91 Å². The molecule has 0 bridgehead atoms. The average molecular weight is 418 g/mol. The Kier molecular flexibility index (Phi) is 5.25. The van der Waals surface area contributed by atoms with Gasteiger partial charge in [0.25, 0.3) is 0 Å². The fourth-order valence-corrected chi connectivity index (χ4v) is 4.73. The summed E-state index contributed by atoms with van der Waals surface area (Å²) in [5, 5.41) is 11.7. The minimum atomic E-state index is -3.69. The molecule has 0 saturated heterocycles. The van der Waals surface area contributed by atoms with Crippen molar-refractivity contribution >= 4 is 15.7 Å². The molecule has 0 atom stereocenters. The summed E-state index contributed by atoms with van der Waals surface area (Å²) in [6, 6.07) is 22.5. The molecule has 0 aromatic heterocycles. The second-order valence-corrected chi connectivity index (χ2v) is 9.08. The van der Waals surface area contributed by atoms with E-state index in [-0.39, 0.29) is 5.75 Å². The van der Waals surface area contributed by atoms with E-state index in [1.807, 2.05) is 54.6 Å². The first-order valence-corrected chi connectivity index (χ1v) is 11.1. The predicted octanol–water partition coefficient (Wildman–Crippen LogP) is 3.48. The minimum Gasteiger partial charge on any atom is -0.457 e. The zero-order valence-electron chi connectivity index (χ0n) is 15.9. The summed E-state index contributed by atoms with van der Waals surface area (Å²) in [7, 11) is -3.69. The van der Waals surface area contributed by atoms with Crippen molar-refractivity contribution in [1.29, 1.82) is 5.26 Å². The van der Waals surface area contributed by atoms with Crippen molar-refractivity contribution in [2.45, 2.75) is 11.8 Å². The van der Waals surface area contributed by atoms with Crippen LogP contribution in [-0.2, 0) is 20.4 Å². The Morgan fingerprint density at radius 1 is 0.933 bits per heavy atom. The van der Waals surface area contributed by atoms with E-state index in [1.165, 1.54) is 0 Å². The number of benzene rings is 3. The quantitative estimate of drug-likeness (QED) is 0.684. The van der Waals surface area contributed by atoms with Crippen LogP contribution < -0.4 is 10.1 Å². The fourth-order valence-electron chi connectivity index (χ4n) is 3.45. The summed E-state index contributed by atoms with van der Waals surface area (Å²) in [4.78, 5) is 12.7. The van der Waals surface area contributed by atoms with Gasteiger partial charge in [0, 0.05) is 11.1 Å². The Morgan fingerprint density at radius 2 is 1.50 bits per heavy atom. The van der Waals surface area contributed by atoms with Crippen molar-refractivity contribution in [3.05, 3.63) is 95.1 Å². The Balaban J connectivity index is 1.52. The molecule has 7 heteroatoms. The first kappa shape index (κ1) is 19.7. The highest BCUT2D eigenvalue weighted by atomic mass is 32.2. The third-order valence-electron chi connectivity index (χ3n) is 4.81. The zero-order chi connectivity index (χ0) is 21.1. The number of nitrogens with one attached hydrogen (secondary N) is 1. The highest BCUT2D eigenvalue weighted by Crippen LogP contribution is 2.42. The van der Waals surface area contributed by atoms with Crippen LogP contribution in [0.2, 0.25) is 0 Å². The van der Waals surface area contributed by atoms with Crippen molar-refractivity contribution in [1.82, 2.24) is 5.32 Å². The van der Waals surface area contributed by atoms with E-state index in [0.717, 1.165) is 11.1 Å². The Bertz CT molecular complexity index is 1200. The van der Waals surface area contributed by atoms with Crippen molar-refractivity contribution < 1.29 is 17.9 Å². The van der Waals surface area contributed by atoms with E-state index in [4.69, 9.17) is 10.00 Å². The number of ether oxygens (including phenoxy) is 1. The number of sulfone groups is 1. The normalized spacial score (nSPS) is 12.8. The lowest BCUT2D eigenvalue weighted by atomic mass is 9.94. The lowest BCUT2D eigenvalue weighted by Gasteiger charge is -2.28. The first-order chi connectivity index (χ1) is 14.4. The van der Waals surface area contributed by atoms with Crippen LogP contribution in [0.4, 0.5) is 0 Å². The van der Waals surface area contributed by atoms with Gasteiger partial charge < -0.3 is 10.1 Å². The van der Waals surface area contributed by atoms with Gasteiger partial charge in [-0.15, -0.1) is 0 Å². The Hall–Kier alpha value is -3.63. The number of fused-ring (bicyclic) bond motifs is 2. The second kappa shape index (κ2) is 8.01. The van der Waals surface area contributed by atoms with Crippen LogP contribution in [0.5, 0.6) is 11.5 Å². The molecule has 6 nitrogen and oxygen atoms in total. The van der Waals surface area contributed by atoms with Crippen LogP contribution in [0, 0.1) is 11.3 Å². The molecular weight excluding hydrogens is 400 g/mol. The van der Waals surface area contributed by atoms with Crippen LogP contribution in [0.25, 0.3) is 0 Å². The van der Waals surface area contributed by atoms with Crippen LogP contribution >= 0.6 is 0 Å². The third-order valence-corrected chi connectivity index (χ3v) is 6.28. The number of hydrogen-bond acceptors (Lipinski definition) is 5. The van der Waals surface area contributed by atoms with Gasteiger partial charge in [0.05, 0.1) is 23.4 Å². The summed E-state index contributed by atoms with van der Waals surface area (Å²) in [5.41, 5.74) is 2.53. The van der Waals surface area contributed by atoms with Gasteiger partial charge in [-0.2, -0.15) is 5.26 Å². The summed E-state index contributed by atoms with van der Waals surface area (Å²) in [6.45, 7) is 0. The average Bonchev–Trinajstić information content (AvgIpc) is 2.73. The highest BCUT2D eigenvalue weighted by molar-refractivity contribution is 7.91. The van der Waals surface area contributed by atoms with E-state index >= 15 is 0 Å². The highest BCUT2D eigenvalue weighted by Gasteiger charge is 2.29. The SMILES string of the molecule is N#Cc1ccc(CS(=O)(=O)CC(=O)NC2c3ccccc3Oc3ccccc32)cc1. The van der Waals surface area contributed by atoms with E-state index in [2.05, 4.69) is 5.32 Å². The molecule has 1 aliphatic rings. The Morgan fingerprint density at radius 3 is 2.07 bits per heavy atom. The summed E-state index contributed by atoms with van der Waals surface area (Å²) < 4.78 is 31.0. The van der Waals surface area contributed by atoms with Crippen LogP contribution in [-0.4, -0.2) is 20.1 Å². The number of carbonyl (C=O) groups is 1. The van der Waals surface area contributed by atoms with Gasteiger partial charge in [-0.05, 0) is 29.8 Å². The van der Waals surface area contributed by atoms with Gasteiger partial charge >= 0.3 is 0 Å². The van der Waals surface area contributed by atoms with Crippen molar-refractivity contribution in [3.8, 4) is 17.6 Å². The molecule has 1 amide bonds. The largest absolute Gasteiger partial charge is 0.457 e. The molecule has 0 radical (unpaired) electrons. The van der Waals surface area contributed by atoms with Crippen molar-refractivity contribution in [2.24, 2.45) is 0 Å². The number of para-hydroxylation sites is 2. The predicted molar refractivity (Wildman–Crippen MR) is 112 cm³/mol. The third kappa shape index (κ3) is 4.19. The zero-order valence-corrected chi connectivity index (χ0v) is 16.7. The van der Waals surface area contributed by atoms with Crippen molar-refractivity contribution in [2.75, 3.05) is 5.75 Å². The molecular formula is C23H18N2O4S. The van der Waals surface area contributed by atoms with Crippen LogP contribution in [0.15, 0.2) is 72.8 Å². The number of rotatable bonds is 5. The number of nitriles is 1. The van der Waals surface area contributed by atoms with Gasteiger partial charge in [0.15, 0.2) is 9.84 Å². The molecule has 0 fully saturated rings. The first-order valence-electron chi connectivity index (χ1n) is 9.30. The molecule has 0 saturated carbocycles. The molecule has 3 aromatic carbocycles. The molecule has 1 N–H and O–H groups in total. The lowest BCUT2D eigenvalue weighted by Crippen LogP contribution is -2.35. The summed E-state index contributed by atoms with van der Waals surface area (Å²) in [5.74, 6) is -0.231. The number of amides is 1. The number of hydrogen-bond donors (Lipinski definition) is 1. The number of carbonyl (C=O) groups excluding carboxylic acids is 1. The van der Waals surface area contributed by atoms with Gasteiger partial charge in [-0.1, -0.05) is 48.5 Å². The molecule has 30 heavy (non-hydrogen) atoms. The Labute approximate surface area is 174 Å². The van der Waals surface area contributed by atoms with E-state index in [0.29, 0.717) is 22.6 Å². The maximum Gasteiger partial charge on any atom is 0.235 e. The molecule has 0 spiro atoms. The summed E-state index contributed by atoms with van der Waals surface area (Å²) >= 11 is 0. The lowest BCUT2D eigenvalue weighted by molar-refractivity contribution is -0.119. The molecule has 3 aromatic rings. The summed E-state index contributed by atoms with van der Waals surface area (Å²) in [6.07, 6.45) is 0. The topological polar surface area (TPSA) is 96.3 Å². The van der Waals surface area contributed by atoms with Crippen LogP contribution in [0.3, 0.4) is 0 Å². The molecule has 0 aliphatic carbocycles. The van der Waals surface area contributed by atoms with E-state index in [1.54, 1.807) is 24.3 Å².